The van der Waals surface area contributed by atoms with Crippen LogP contribution in [0.4, 0.5) is 0 Å². The van der Waals surface area contributed by atoms with Crippen molar-refractivity contribution >= 4 is 11.8 Å². The summed E-state index contributed by atoms with van der Waals surface area (Å²) in [5.41, 5.74) is 1.57. The molecule has 9 nitrogen and oxygen atoms in total. The Morgan fingerprint density at radius 2 is 1.72 bits per heavy atom. The predicted molar refractivity (Wildman–Crippen MR) is 148 cm³/mol. The Kier molecular flexibility index (Phi) is 8.98. The summed E-state index contributed by atoms with van der Waals surface area (Å²) in [5.74, 6) is 2.22. The molecule has 2 aromatic heterocycles. The van der Waals surface area contributed by atoms with Crippen molar-refractivity contribution in [2.24, 2.45) is 11.8 Å². The smallest absolute Gasteiger partial charge is 0.253 e. The minimum Gasteiger partial charge on any atom is -0.384 e. The molecule has 2 amide bonds. The summed E-state index contributed by atoms with van der Waals surface area (Å²) in [5, 5.41) is 9.04. The number of carbonyl (C=O) groups excluding carboxylic acids is 2. The molecule has 0 aliphatic carbocycles. The van der Waals surface area contributed by atoms with Crippen LogP contribution in [-0.2, 0) is 22.5 Å². The monoisotopic (exact) mass is 530 g/mol. The Hall–Kier alpha value is -3.59. The summed E-state index contributed by atoms with van der Waals surface area (Å²) in [7, 11) is 1.74. The lowest BCUT2D eigenvalue weighted by atomic mass is 9.93. The van der Waals surface area contributed by atoms with Gasteiger partial charge in [0, 0.05) is 82.3 Å². The van der Waals surface area contributed by atoms with E-state index in [4.69, 9.17) is 4.74 Å². The van der Waals surface area contributed by atoms with Gasteiger partial charge >= 0.3 is 0 Å². The van der Waals surface area contributed by atoms with Gasteiger partial charge < -0.3 is 19.1 Å². The molecule has 3 aromatic rings. The molecule has 1 aromatic carbocycles. The maximum absolute atomic E-state index is 13.8. The minimum absolute atomic E-state index is 0.0106. The zero-order chi connectivity index (χ0) is 27.0. The summed E-state index contributed by atoms with van der Waals surface area (Å²) in [6.07, 6.45) is 8.32. The average Bonchev–Trinajstić information content (AvgIpc) is 3.38. The first-order valence-electron chi connectivity index (χ1n) is 14.1. The predicted octanol–water partition coefficient (Wildman–Crippen LogP) is 3.71. The molecule has 1 fully saturated rings. The number of methoxy groups -OCH3 is 1. The van der Waals surface area contributed by atoms with Gasteiger partial charge in [0.15, 0.2) is 5.82 Å². The third-order valence-corrected chi connectivity index (χ3v) is 8.02. The molecule has 5 rings (SSSR count). The number of aromatic nitrogens is 4. The molecule has 4 heterocycles. The van der Waals surface area contributed by atoms with Crippen molar-refractivity contribution in [2.75, 3.05) is 39.9 Å². The van der Waals surface area contributed by atoms with E-state index in [1.54, 1.807) is 19.5 Å². The molecular weight excluding hydrogens is 492 g/mol. The molecular formula is C30H38N6O3. The van der Waals surface area contributed by atoms with Crippen LogP contribution in [0.2, 0.25) is 0 Å². The summed E-state index contributed by atoms with van der Waals surface area (Å²) < 4.78 is 7.46. The number of piperidine rings is 1. The molecule has 39 heavy (non-hydrogen) atoms. The fourth-order valence-electron chi connectivity index (χ4n) is 5.80. The van der Waals surface area contributed by atoms with Gasteiger partial charge in [0.2, 0.25) is 5.91 Å². The second kappa shape index (κ2) is 13.0. The van der Waals surface area contributed by atoms with E-state index >= 15 is 0 Å². The first-order chi connectivity index (χ1) is 19.1. The number of rotatable bonds is 5. The third kappa shape index (κ3) is 6.53. The molecule has 0 saturated carbocycles. The topological polar surface area (TPSA) is 93.4 Å². The Bertz CT molecular complexity index is 1220. The SMILES string of the molecule is COCC1CCN(C(=O)C2CCCN(C(=O)c3ccccc3)CCc3nnc(-c4cccnc4)n3CC2)CC1. The van der Waals surface area contributed by atoms with Crippen LogP contribution in [0.15, 0.2) is 54.9 Å². The highest BCUT2D eigenvalue weighted by molar-refractivity contribution is 5.94. The van der Waals surface area contributed by atoms with E-state index in [-0.39, 0.29) is 17.7 Å². The molecule has 1 saturated heterocycles. The van der Waals surface area contributed by atoms with Crippen molar-refractivity contribution in [3.05, 3.63) is 66.2 Å². The van der Waals surface area contributed by atoms with E-state index in [2.05, 4.69) is 19.7 Å². The van der Waals surface area contributed by atoms with Crippen molar-refractivity contribution in [3.8, 4) is 11.4 Å². The number of amides is 2. The number of nitrogens with zero attached hydrogens (tertiary/aromatic N) is 6. The lowest BCUT2D eigenvalue weighted by Crippen LogP contribution is -2.43. The Morgan fingerprint density at radius 1 is 0.897 bits per heavy atom. The lowest BCUT2D eigenvalue weighted by molar-refractivity contribution is -0.137. The highest BCUT2D eigenvalue weighted by Gasteiger charge is 2.30. The normalized spacial score (nSPS) is 19.3. The molecule has 9 heteroatoms. The van der Waals surface area contributed by atoms with Crippen molar-refractivity contribution in [3.63, 3.8) is 0 Å². The van der Waals surface area contributed by atoms with Crippen molar-refractivity contribution < 1.29 is 14.3 Å². The van der Waals surface area contributed by atoms with Crippen LogP contribution in [0.25, 0.3) is 11.4 Å². The maximum Gasteiger partial charge on any atom is 0.253 e. The van der Waals surface area contributed by atoms with E-state index in [1.165, 1.54) is 0 Å². The fourth-order valence-corrected chi connectivity index (χ4v) is 5.80. The molecule has 0 radical (unpaired) electrons. The zero-order valence-electron chi connectivity index (χ0n) is 22.7. The number of carbonyl (C=O) groups is 2. The molecule has 0 N–H and O–H groups in total. The first kappa shape index (κ1) is 27.0. The summed E-state index contributed by atoms with van der Waals surface area (Å²) >= 11 is 0. The highest BCUT2D eigenvalue weighted by Crippen LogP contribution is 2.26. The molecule has 1 unspecified atom stereocenters. The lowest BCUT2D eigenvalue weighted by Gasteiger charge is -2.34. The number of hydrogen-bond acceptors (Lipinski definition) is 6. The summed E-state index contributed by atoms with van der Waals surface area (Å²) in [6, 6.07) is 13.3. The van der Waals surface area contributed by atoms with Gasteiger partial charge in [-0.15, -0.1) is 10.2 Å². The van der Waals surface area contributed by atoms with E-state index in [0.29, 0.717) is 44.0 Å². The van der Waals surface area contributed by atoms with Gasteiger partial charge in [-0.05, 0) is 62.3 Å². The summed E-state index contributed by atoms with van der Waals surface area (Å²) in [4.78, 5) is 35.4. The van der Waals surface area contributed by atoms with Crippen LogP contribution in [0, 0.1) is 11.8 Å². The maximum atomic E-state index is 13.8. The van der Waals surface area contributed by atoms with Gasteiger partial charge in [0.25, 0.3) is 5.91 Å². The van der Waals surface area contributed by atoms with E-state index in [0.717, 1.165) is 62.6 Å². The number of likely N-dealkylation sites (tertiary alicyclic amines) is 1. The second-order valence-corrected chi connectivity index (χ2v) is 10.6. The van der Waals surface area contributed by atoms with Crippen LogP contribution < -0.4 is 0 Å². The first-order valence-corrected chi connectivity index (χ1v) is 14.1. The zero-order valence-corrected chi connectivity index (χ0v) is 22.7. The quantitative estimate of drug-likeness (QED) is 0.499. The van der Waals surface area contributed by atoms with E-state index in [1.807, 2.05) is 52.3 Å². The molecule has 1 atom stereocenters. The Balaban J connectivity index is 1.39. The fraction of sp³-hybridized carbons (Fsp3) is 0.500. The largest absolute Gasteiger partial charge is 0.384 e. The Labute approximate surface area is 230 Å². The average molecular weight is 531 g/mol. The van der Waals surface area contributed by atoms with Crippen LogP contribution in [0.1, 0.15) is 48.3 Å². The van der Waals surface area contributed by atoms with E-state index in [9.17, 15) is 9.59 Å². The van der Waals surface area contributed by atoms with Crippen LogP contribution in [-0.4, -0.2) is 81.3 Å². The number of hydrogen-bond donors (Lipinski definition) is 0. The van der Waals surface area contributed by atoms with Gasteiger partial charge in [0.1, 0.15) is 5.82 Å². The van der Waals surface area contributed by atoms with Gasteiger partial charge in [0.05, 0.1) is 0 Å². The van der Waals surface area contributed by atoms with Crippen LogP contribution >= 0.6 is 0 Å². The summed E-state index contributed by atoms with van der Waals surface area (Å²) in [6.45, 7) is 4.11. The van der Waals surface area contributed by atoms with Crippen molar-refractivity contribution in [1.29, 1.82) is 0 Å². The van der Waals surface area contributed by atoms with Gasteiger partial charge in [-0.3, -0.25) is 14.6 Å². The molecule has 0 spiro atoms. The highest BCUT2D eigenvalue weighted by atomic mass is 16.5. The van der Waals surface area contributed by atoms with Gasteiger partial charge in [-0.1, -0.05) is 18.2 Å². The molecule has 2 aliphatic rings. The number of pyridine rings is 1. The van der Waals surface area contributed by atoms with Crippen LogP contribution in [0.3, 0.4) is 0 Å². The van der Waals surface area contributed by atoms with Crippen molar-refractivity contribution in [1.82, 2.24) is 29.5 Å². The minimum atomic E-state index is -0.118. The Morgan fingerprint density at radius 3 is 2.46 bits per heavy atom. The van der Waals surface area contributed by atoms with Gasteiger partial charge in [-0.2, -0.15) is 0 Å². The van der Waals surface area contributed by atoms with Crippen molar-refractivity contribution in [2.45, 2.75) is 45.1 Å². The standard InChI is InChI=1S/C30H38N6O3/c1-39-22-23-11-17-35(18-12-23)30(38)25-10-6-16-34(29(37)24-7-3-2-4-8-24)19-14-27-32-33-28(36(27)20-13-25)26-9-5-15-31-21-26/h2-5,7-9,15,21,23,25H,6,10-14,16-20,22H2,1H3. The number of ether oxygens (including phenoxy) is 1. The molecule has 206 valence electrons. The molecule has 0 bridgehead atoms. The number of benzene rings is 1. The molecule has 2 aliphatic heterocycles. The van der Waals surface area contributed by atoms with E-state index < -0.39 is 0 Å². The third-order valence-electron chi connectivity index (χ3n) is 8.02. The number of fused-ring (bicyclic) bond motifs is 1. The van der Waals surface area contributed by atoms with Gasteiger partial charge in [-0.25, -0.2) is 0 Å². The van der Waals surface area contributed by atoms with Crippen LogP contribution in [0.5, 0.6) is 0 Å². The second-order valence-electron chi connectivity index (χ2n) is 10.6.